The van der Waals surface area contributed by atoms with Gasteiger partial charge in [-0.3, -0.25) is 4.79 Å². The van der Waals surface area contributed by atoms with Crippen molar-refractivity contribution in [3.8, 4) is 0 Å². The molecule has 2 aliphatic heterocycles. The van der Waals surface area contributed by atoms with Gasteiger partial charge in [0.15, 0.2) is 0 Å². The molecule has 1 aliphatic carbocycles. The first-order chi connectivity index (χ1) is 17.0. The van der Waals surface area contributed by atoms with Gasteiger partial charge in [-0.2, -0.15) is 0 Å². The number of aromatic amines is 1. The summed E-state index contributed by atoms with van der Waals surface area (Å²) < 4.78 is 0. The molecule has 1 saturated carbocycles. The number of halogens is 1. The number of amides is 1. The Bertz CT molecular complexity index is 1560. The molecule has 4 aromatic rings. The number of carbonyl (C=O) groups is 1. The first-order valence-electron chi connectivity index (χ1n) is 12.2. The Kier molecular flexibility index (Phi) is 4.45. The Hall–Kier alpha value is -3.23. The van der Waals surface area contributed by atoms with Crippen LogP contribution in [0.5, 0.6) is 0 Å². The van der Waals surface area contributed by atoms with Gasteiger partial charge in [0, 0.05) is 70.6 Å². The molecule has 1 amide bonds. The van der Waals surface area contributed by atoms with Crippen LogP contribution in [-0.4, -0.2) is 50.9 Å². The number of H-pyrrole nitrogens is 1. The first-order valence-corrected chi connectivity index (χ1v) is 12.6. The minimum absolute atomic E-state index is 0.0138. The molecule has 1 spiro atoms. The lowest BCUT2D eigenvalue weighted by Crippen LogP contribution is -2.38. The van der Waals surface area contributed by atoms with Gasteiger partial charge >= 0.3 is 0 Å². The second kappa shape index (κ2) is 7.38. The van der Waals surface area contributed by atoms with Gasteiger partial charge in [-0.25, -0.2) is 15.0 Å². The molecule has 5 heterocycles. The molecule has 0 radical (unpaired) electrons. The van der Waals surface area contributed by atoms with E-state index in [4.69, 9.17) is 16.6 Å². The Balaban J connectivity index is 1.43. The first kappa shape index (κ1) is 21.1. The van der Waals surface area contributed by atoms with E-state index < -0.39 is 0 Å². The fraction of sp³-hybridized carbons (Fsp3) is 0.385. The topological polar surface area (TPSA) is 98.8 Å². The number of fused-ring (bicyclic) bond motifs is 7. The lowest BCUT2D eigenvalue weighted by atomic mass is 9.92. The zero-order valence-corrected chi connectivity index (χ0v) is 20.5. The highest BCUT2D eigenvalue weighted by Crippen LogP contribution is 2.52. The number of nitrogens with zero attached hydrogens (tertiary/aromatic N) is 4. The largest absolute Gasteiger partial charge is 0.357 e. The Morgan fingerprint density at radius 2 is 2.09 bits per heavy atom. The maximum Gasteiger partial charge on any atom is 0.253 e. The van der Waals surface area contributed by atoms with Crippen molar-refractivity contribution in [1.82, 2.24) is 30.2 Å². The summed E-state index contributed by atoms with van der Waals surface area (Å²) in [5.74, 6) is 1.48. The van der Waals surface area contributed by atoms with Gasteiger partial charge in [0.05, 0.1) is 16.8 Å². The maximum absolute atomic E-state index is 12.9. The van der Waals surface area contributed by atoms with Gasteiger partial charge in [-0.15, -0.1) is 0 Å². The lowest BCUT2D eigenvalue weighted by molar-refractivity contribution is 0.0939. The van der Waals surface area contributed by atoms with Crippen LogP contribution in [0, 0.1) is 0 Å². The van der Waals surface area contributed by atoms with Crippen molar-refractivity contribution in [2.24, 2.45) is 0 Å². The summed E-state index contributed by atoms with van der Waals surface area (Å²) in [6, 6.07) is 4.13. The van der Waals surface area contributed by atoms with Crippen LogP contribution in [0.4, 0.5) is 11.6 Å². The number of hydrogen-bond donors (Lipinski definition) is 3. The number of likely N-dealkylation sites (N-methyl/N-ethyl adjacent to an activating group) is 1. The van der Waals surface area contributed by atoms with Gasteiger partial charge in [0.25, 0.3) is 5.91 Å². The van der Waals surface area contributed by atoms with E-state index in [9.17, 15) is 4.79 Å². The highest BCUT2D eigenvalue weighted by Gasteiger charge is 2.50. The predicted octanol–water partition coefficient (Wildman–Crippen LogP) is 4.23. The van der Waals surface area contributed by atoms with E-state index in [2.05, 4.69) is 56.6 Å². The van der Waals surface area contributed by atoms with Crippen molar-refractivity contribution < 1.29 is 4.79 Å². The molecule has 1 fully saturated rings. The Morgan fingerprint density at radius 1 is 1.23 bits per heavy atom. The molecule has 3 aliphatic rings. The fourth-order valence-corrected chi connectivity index (χ4v) is 6.05. The molecule has 178 valence electrons. The number of aryl methyl sites for hydroxylation is 1. The van der Waals surface area contributed by atoms with E-state index in [1.54, 1.807) is 0 Å². The van der Waals surface area contributed by atoms with E-state index in [0.717, 1.165) is 94.3 Å². The Labute approximate surface area is 207 Å². The summed E-state index contributed by atoms with van der Waals surface area (Å²) in [4.78, 5) is 32.6. The number of aromatic nitrogens is 4. The average molecular weight is 488 g/mol. The zero-order chi connectivity index (χ0) is 23.9. The van der Waals surface area contributed by atoms with Crippen LogP contribution in [0.15, 0.2) is 18.3 Å². The van der Waals surface area contributed by atoms with Gasteiger partial charge in [0.1, 0.15) is 11.6 Å². The molecular formula is C26H26ClN7O. The third kappa shape index (κ3) is 3.09. The van der Waals surface area contributed by atoms with Gasteiger partial charge in [-0.1, -0.05) is 19.1 Å². The molecule has 0 atom stereocenters. The number of benzene rings is 1. The highest BCUT2D eigenvalue weighted by molar-refractivity contribution is 6.28. The smallest absolute Gasteiger partial charge is 0.253 e. The zero-order valence-electron chi connectivity index (χ0n) is 19.8. The summed E-state index contributed by atoms with van der Waals surface area (Å²) >= 11 is 6.30. The molecule has 9 heteroatoms. The number of carbonyl (C=O) groups excluding carboxylic acids is 1. The number of anilines is 2. The molecule has 0 bridgehead atoms. The summed E-state index contributed by atoms with van der Waals surface area (Å²) in [7, 11) is 2.10. The fourth-order valence-electron chi connectivity index (χ4n) is 5.87. The second-order valence-corrected chi connectivity index (χ2v) is 10.4. The second-order valence-electron chi connectivity index (χ2n) is 10.1. The van der Waals surface area contributed by atoms with E-state index in [0.29, 0.717) is 12.4 Å². The van der Waals surface area contributed by atoms with E-state index >= 15 is 0 Å². The van der Waals surface area contributed by atoms with Crippen LogP contribution < -0.4 is 10.6 Å². The molecule has 35 heavy (non-hydrogen) atoms. The number of rotatable bonds is 3. The van der Waals surface area contributed by atoms with Crippen LogP contribution in [0.3, 0.4) is 0 Å². The lowest BCUT2D eigenvalue weighted by Gasteiger charge is -2.26. The van der Waals surface area contributed by atoms with Crippen LogP contribution >= 0.6 is 11.6 Å². The summed E-state index contributed by atoms with van der Waals surface area (Å²) in [6.07, 6.45) is 5.72. The third-order valence-corrected chi connectivity index (χ3v) is 8.11. The maximum atomic E-state index is 12.9. The molecule has 7 rings (SSSR count). The minimum Gasteiger partial charge on any atom is -0.357 e. The number of hydrogen-bond acceptors (Lipinski definition) is 6. The van der Waals surface area contributed by atoms with Crippen molar-refractivity contribution >= 4 is 50.8 Å². The van der Waals surface area contributed by atoms with Gasteiger partial charge in [0.2, 0.25) is 5.28 Å². The van der Waals surface area contributed by atoms with Crippen LogP contribution in [0.2, 0.25) is 5.28 Å². The highest BCUT2D eigenvalue weighted by atomic mass is 35.5. The van der Waals surface area contributed by atoms with Crippen LogP contribution in [0.25, 0.3) is 21.7 Å². The molecule has 1 aromatic carbocycles. The number of nitrogens with one attached hydrogen (secondary N) is 3. The van der Waals surface area contributed by atoms with Crippen LogP contribution in [-0.2, 0) is 24.8 Å². The SMILES string of the molecule is CCc1c(Nc2nc(Cl)nc3c2CN(C)CC3)ncc2ccc3c4c([nH]c3c12)C1(CC1)CNC4=O. The summed E-state index contributed by atoms with van der Waals surface area (Å²) in [5.41, 5.74) is 6.12. The van der Waals surface area contributed by atoms with Crippen molar-refractivity contribution in [2.75, 3.05) is 25.5 Å². The molecule has 8 nitrogen and oxygen atoms in total. The van der Waals surface area contributed by atoms with Crippen molar-refractivity contribution in [3.63, 3.8) is 0 Å². The molecule has 0 unspecified atom stereocenters. The number of pyridine rings is 1. The predicted molar refractivity (Wildman–Crippen MR) is 137 cm³/mol. The van der Waals surface area contributed by atoms with Crippen molar-refractivity contribution in [1.29, 1.82) is 0 Å². The van der Waals surface area contributed by atoms with E-state index in [1.165, 1.54) is 0 Å². The van der Waals surface area contributed by atoms with Crippen molar-refractivity contribution in [3.05, 3.63) is 51.7 Å². The van der Waals surface area contributed by atoms with Crippen molar-refractivity contribution in [2.45, 2.75) is 44.6 Å². The van der Waals surface area contributed by atoms with E-state index in [1.807, 2.05) is 6.20 Å². The molecule has 3 aromatic heterocycles. The molecule has 3 N–H and O–H groups in total. The van der Waals surface area contributed by atoms with Crippen LogP contribution in [0.1, 0.15) is 52.6 Å². The third-order valence-electron chi connectivity index (χ3n) is 7.94. The van der Waals surface area contributed by atoms with E-state index in [-0.39, 0.29) is 16.6 Å². The quantitative estimate of drug-likeness (QED) is 0.374. The molecule has 0 saturated heterocycles. The standard InChI is InChI=1S/C26H26ClN7O/c1-3-14-18-13(4-5-15-19-21(31-20(15)18)26(7-8-26)12-29-24(19)35)10-28-22(14)32-23-16-11-34(2)9-6-17(16)30-25(27)33-23/h4-5,10,31H,3,6-9,11-12H2,1-2H3,(H,29,35)(H,28,30,32,33). The Morgan fingerprint density at radius 3 is 2.89 bits per heavy atom. The van der Waals surface area contributed by atoms with Gasteiger partial charge in [-0.05, 0) is 37.9 Å². The normalized spacial score (nSPS) is 18.5. The minimum atomic E-state index is 0.0138. The summed E-state index contributed by atoms with van der Waals surface area (Å²) in [6.45, 7) is 4.55. The average Bonchev–Trinajstić information content (AvgIpc) is 3.51. The summed E-state index contributed by atoms with van der Waals surface area (Å²) in [5, 5.41) is 9.99. The van der Waals surface area contributed by atoms with Gasteiger partial charge < -0.3 is 20.5 Å². The molecular weight excluding hydrogens is 462 g/mol. The monoisotopic (exact) mass is 487 g/mol.